The average Bonchev–Trinajstić information content (AvgIpc) is 3.16. The van der Waals surface area contributed by atoms with Crippen molar-refractivity contribution >= 4 is 17.7 Å². The molecule has 1 aromatic rings. The van der Waals surface area contributed by atoms with Gasteiger partial charge in [-0.1, -0.05) is 6.92 Å². The van der Waals surface area contributed by atoms with E-state index >= 15 is 0 Å². The number of ether oxygens (including phenoxy) is 1. The molecule has 5 heteroatoms. The Labute approximate surface area is 118 Å². The summed E-state index contributed by atoms with van der Waals surface area (Å²) in [6, 6.07) is 2.01. The average molecular weight is 280 g/mol. The van der Waals surface area contributed by atoms with E-state index in [4.69, 9.17) is 4.74 Å². The second-order valence-corrected chi connectivity index (χ2v) is 6.15. The molecule has 1 aliphatic carbocycles. The molecule has 1 heterocycles. The van der Waals surface area contributed by atoms with Gasteiger partial charge in [0.15, 0.2) is 0 Å². The molecule has 0 atom stereocenters. The molecule has 1 aromatic heterocycles. The minimum Gasteiger partial charge on any atom is -0.469 e. The Morgan fingerprint density at radius 3 is 2.79 bits per heavy atom. The fourth-order valence-corrected chi connectivity index (χ4v) is 3.25. The van der Waals surface area contributed by atoms with E-state index in [2.05, 4.69) is 16.9 Å². The summed E-state index contributed by atoms with van der Waals surface area (Å²) in [6.07, 6.45) is 3.60. The van der Waals surface area contributed by atoms with Crippen LogP contribution in [0.4, 0.5) is 0 Å². The monoisotopic (exact) mass is 280 g/mol. The number of hydrogen-bond acceptors (Lipinski definition) is 5. The summed E-state index contributed by atoms with van der Waals surface area (Å²) in [7, 11) is 1.45. The molecule has 0 spiro atoms. The number of carbonyl (C=O) groups is 1. The molecule has 4 nitrogen and oxygen atoms in total. The van der Waals surface area contributed by atoms with E-state index in [1.165, 1.54) is 7.11 Å². The third kappa shape index (κ3) is 3.93. The van der Waals surface area contributed by atoms with Gasteiger partial charge in [-0.05, 0) is 31.2 Å². The summed E-state index contributed by atoms with van der Waals surface area (Å²) < 4.78 is 4.76. The van der Waals surface area contributed by atoms with Crippen LogP contribution >= 0.6 is 11.8 Å². The number of rotatable bonds is 6. The van der Waals surface area contributed by atoms with E-state index in [0.717, 1.165) is 41.6 Å². The Balaban J connectivity index is 1.95. The van der Waals surface area contributed by atoms with Crippen molar-refractivity contribution in [2.24, 2.45) is 5.41 Å². The third-order valence-electron chi connectivity index (χ3n) is 3.42. The van der Waals surface area contributed by atoms with Crippen molar-refractivity contribution < 1.29 is 9.53 Å². The zero-order valence-electron chi connectivity index (χ0n) is 11.7. The number of carbonyl (C=O) groups excluding carboxylic acids is 1. The first-order valence-electron chi connectivity index (χ1n) is 6.61. The minimum atomic E-state index is -0.105. The van der Waals surface area contributed by atoms with Gasteiger partial charge in [0.1, 0.15) is 5.82 Å². The number of hydrogen-bond donors (Lipinski definition) is 0. The highest BCUT2D eigenvalue weighted by Gasteiger charge is 2.44. The molecular weight excluding hydrogens is 260 g/mol. The highest BCUT2D eigenvalue weighted by Crippen LogP contribution is 2.52. The van der Waals surface area contributed by atoms with Crippen LogP contribution in [0.2, 0.25) is 0 Å². The lowest BCUT2D eigenvalue weighted by molar-refractivity contribution is -0.141. The van der Waals surface area contributed by atoms with Crippen LogP contribution in [0.1, 0.15) is 37.7 Å². The van der Waals surface area contributed by atoms with Crippen molar-refractivity contribution in [3.63, 3.8) is 0 Å². The maximum Gasteiger partial charge on any atom is 0.306 e. The number of nitrogens with zero attached hydrogens (tertiary/aromatic N) is 2. The molecule has 0 radical (unpaired) electrons. The fraction of sp³-hybridized carbons (Fsp3) is 0.643. The summed E-state index contributed by atoms with van der Waals surface area (Å²) in [4.78, 5) is 20.3. The first-order chi connectivity index (χ1) is 9.07. The fourth-order valence-electron chi connectivity index (χ4n) is 1.99. The molecule has 2 rings (SSSR count). The summed E-state index contributed by atoms with van der Waals surface area (Å²) in [5.41, 5.74) is 1.15. The lowest BCUT2D eigenvalue weighted by Crippen LogP contribution is -2.13. The zero-order chi connectivity index (χ0) is 13.9. The van der Waals surface area contributed by atoms with Crippen LogP contribution in [0.5, 0.6) is 0 Å². The second kappa shape index (κ2) is 5.90. The molecule has 19 heavy (non-hydrogen) atoms. The Bertz CT molecular complexity index is 473. The molecule has 0 aliphatic heterocycles. The molecule has 1 aliphatic rings. The highest BCUT2D eigenvalue weighted by molar-refractivity contribution is 7.99. The molecule has 0 saturated heterocycles. The van der Waals surface area contributed by atoms with Gasteiger partial charge in [0.25, 0.3) is 0 Å². The Morgan fingerprint density at radius 1 is 1.47 bits per heavy atom. The standard InChI is InChI=1S/C14H20N2O2S/c1-4-11-15-10(2)7-12(16-11)19-9-14(5-6-14)8-13(17)18-3/h7H,4-6,8-9H2,1-3H3. The van der Waals surface area contributed by atoms with E-state index in [-0.39, 0.29) is 11.4 Å². The zero-order valence-corrected chi connectivity index (χ0v) is 12.5. The Hall–Kier alpha value is -1.10. The summed E-state index contributed by atoms with van der Waals surface area (Å²) >= 11 is 1.73. The number of thioether (sulfide) groups is 1. The van der Waals surface area contributed by atoms with E-state index in [9.17, 15) is 4.79 Å². The Kier molecular flexibility index (Phi) is 4.45. The lowest BCUT2D eigenvalue weighted by Gasteiger charge is -2.13. The molecule has 0 bridgehead atoms. The van der Waals surface area contributed by atoms with Gasteiger partial charge in [0, 0.05) is 17.9 Å². The molecule has 0 amide bonds. The van der Waals surface area contributed by atoms with E-state index in [0.29, 0.717) is 6.42 Å². The van der Waals surface area contributed by atoms with E-state index < -0.39 is 0 Å². The summed E-state index contributed by atoms with van der Waals surface area (Å²) in [5, 5.41) is 1.01. The first kappa shape index (κ1) is 14.3. The lowest BCUT2D eigenvalue weighted by atomic mass is 10.1. The maximum atomic E-state index is 11.4. The number of methoxy groups -OCH3 is 1. The predicted octanol–water partition coefficient (Wildman–Crippen LogP) is 2.78. The van der Waals surface area contributed by atoms with Crippen molar-refractivity contribution in [1.29, 1.82) is 0 Å². The molecule has 1 fully saturated rings. The van der Waals surface area contributed by atoms with Crippen molar-refractivity contribution in [2.45, 2.75) is 44.6 Å². The SMILES string of the molecule is CCc1nc(C)cc(SCC2(CC(=O)OC)CC2)n1. The Morgan fingerprint density at radius 2 is 2.21 bits per heavy atom. The predicted molar refractivity (Wildman–Crippen MR) is 75.2 cm³/mol. The molecule has 0 N–H and O–H groups in total. The number of aromatic nitrogens is 2. The quantitative estimate of drug-likeness (QED) is 0.455. The first-order valence-corrected chi connectivity index (χ1v) is 7.60. The molecule has 104 valence electrons. The van der Waals surface area contributed by atoms with Crippen molar-refractivity contribution in [2.75, 3.05) is 12.9 Å². The van der Waals surface area contributed by atoms with Gasteiger partial charge in [0.05, 0.1) is 18.6 Å². The van der Waals surface area contributed by atoms with Gasteiger partial charge in [-0.2, -0.15) is 0 Å². The van der Waals surface area contributed by atoms with Crippen molar-refractivity contribution in [1.82, 2.24) is 9.97 Å². The van der Waals surface area contributed by atoms with Gasteiger partial charge in [-0.15, -0.1) is 11.8 Å². The number of aryl methyl sites for hydroxylation is 2. The van der Waals surface area contributed by atoms with Crippen LogP contribution in [0, 0.1) is 12.3 Å². The second-order valence-electron chi connectivity index (χ2n) is 5.16. The van der Waals surface area contributed by atoms with Gasteiger partial charge >= 0.3 is 5.97 Å². The summed E-state index contributed by atoms with van der Waals surface area (Å²) in [6.45, 7) is 4.05. The normalized spacial score (nSPS) is 16.2. The summed E-state index contributed by atoms with van der Waals surface area (Å²) in [5.74, 6) is 1.72. The maximum absolute atomic E-state index is 11.4. The van der Waals surface area contributed by atoms with Crippen LogP contribution in [0.25, 0.3) is 0 Å². The van der Waals surface area contributed by atoms with Gasteiger partial charge in [-0.3, -0.25) is 4.79 Å². The van der Waals surface area contributed by atoms with E-state index in [1.54, 1.807) is 11.8 Å². The van der Waals surface area contributed by atoms with Crippen molar-refractivity contribution in [3.8, 4) is 0 Å². The van der Waals surface area contributed by atoms with Gasteiger partial charge in [0.2, 0.25) is 0 Å². The van der Waals surface area contributed by atoms with Gasteiger partial charge < -0.3 is 4.74 Å². The van der Waals surface area contributed by atoms with Crippen LogP contribution in [-0.4, -0.2) is 28.8 Å². The minimum absolute atomic E-state index is 0.105. The smallest absolute Gasteiger partial charge is 0.306 e. The molecule has 0 aromatic carbocycles. The molecule has 1 saturated carbocycles. The molecule has 0 unspecified atom stereocenters. The van der Waals surface area contributed by atoms with Crippen molar-refractivity contribution in [3.05, 3.63) is 17.6 Å². The van der Waals surface area contributed by atoms with Crippen LogP contribution in [0.3, 0.4) is 0 Å². The topological polar surface area (TPSA) is 52.1 Å². The largest absolute Gasteiger partial charge is 0.469 e. The number of esters is 1. The van der Waals surface area contributed by atoms with Crippen LogP contribution in [-0.2, 0) is 16.0 Å². The highest BCUT2D eigenvalue weighted by atomic mass is 32.2. The molecular formula is C14H20N2O2S. The van der Waals surface area contributed by atoms with Gasteiger partial charge in [-0.25, -0.2) is 9.97 Å². The van der Waals surface area contributed by atoms with E-state index in [1.807, 2.05) is 13.0 Å². The third-order valence-corrected chi connectivity index (χ3v) is 4.69. The van der Waals surface area contributed by atoms with Crippen LogP contribution in [0.15, 0.2) is 11.1 Å². The van der Waals surface area contributed by atoms with Crippen LogP contribution < -0.4 is 0 Å².